The van der Waals surface area contributed by atoms with Gasteiger partial charge in [-0.3, -0.25) is 4.79 Å². The summed E-state index contributed by atoms with van der Waals surface area (Å²) in [7, 11) is 2.92. The minimum atomic E-state index is -1.16. The molecule has 0 unspecified atom stereocenters. The Bertz CT molecular complexity index is 448. The maximum absolute atomic E-state index is 11.0. The second-order valence-electron chi connectivity index (χ2n) is 3.08. The van der Waals surface area contributed by atoms with Crippen molar-refractivity contribution in [3.63, 3.8) is 0 Å². The molecular weight excluding hydrogens is 244 g/mol. The van der Waals surface area contributed by atoms with Crippen LogP contribution in [0.15, 0.2) is 18.2 Å². The van der Waals surface area contributed by atoms with E-state index in [0.29, 0.717) is 17.2 Å². The average Bonchev–Trinajstić information content (AvgIpc) is 2.34. The van der Waals surface area contributed by atoms with Crippen molar-refractivity contribution < 1.29 is 24.2 Å². The van der Waals surface area contributed by atoms with E-state index < -0.39 is 11.1 Å². The summed E-state index contributed by atoms with van der Waals surface area (Å²) in [5.74, 6) is -0.135. The maximum atomic E-state index is 11.0. The van der Waals surface area contributed by atoms with Crippen molar-refractivity contribution in [2.75, 3.05) is 26.1 Å². The minimum absolute atomic E-state index is 0.357. The monoisotopic (exact) mass is 256 g/mol. The fourth-order valence-electron chi connectivity index (χ4n) is 1.31. The lowest BCUT2D eigenvalue weighted by molar-refractivity contribution is -0.729. The molecule has 1 aromatic rings. The first kappa shape index (κ1) is 13.6. The van der Waals surface area contributed by atoms with E-state index in [4.69, 9.17) is 9.47 Å². The van der Waals surface area contributed by atoms with Gasteiger partial charge in [-0.25, -0.2) is 4.84 Å². The fraction of sp³-hybridized carbons (Fsp3) is 0.300. The number of carbonyl (C=O) groups excluding carboxylic acids is 1. The second kappa shape index (κ2) is 6.28. The van der Waals surface area contributed by atoms with E-state index in [0.717, 1.165) is 0 Å². The Morgan fingerprint density at radius 3 is 2.67 bits per heavy atom. The SMILES string of the molecule is COc1cccc(NCC(=O)O[N+](=O)[O-])c1OC. The van der Waals surface area contributed by atoms with Gasteiger partial charge >= 0.3 is 11.1 Å². The van der Waals surface area contributed by atoms with Crippen LogP contribution in [0, 0.1) is 10.1 Å². The van der Waals surface area contributed by atoms with Crippen molar-refractivity contribution in [3.05, 3.63) is 28.3 Å². The van der Waals surface area contributed by atoms with Crippen molar-refractivity contribution in [2.45, 2.75) is 0 Å². The van der Waals surface area contributed by atoms with Gasteiger partial charge in [0.1, 0.15) is 6.54 Å². The first-order chi connectivity index (χ1) is 8.58. The number of rotatable bonds is 6. The number of hydrogen-bond acceptors (Lipinski definition) is 7. The van der Waals surface area contributed by atoms with Crippen molar-refractivity contribution in [2.24, 2.45) is 0 Å². The molecule has 0 saturated carbocycles. The Morgan fingerprint density at radius 1 is 1.39 bits per heavy atom. The van der Waals surface area contributed by atoms with Crippen LogP contribution in [0.3, 0.4) is 0 Å². The summed E-state index contributed by atoms with van der Waals surface area (Å²) in [6, 6.07) is 5.00. The molecule has 0 atom stereocenters. The van der Waals surface area contributed by atoms with Crippen molar-refractivity contribution in [1.29, 1.82) is 0 Å². The van der Waals surface area contributed by atoms with E-state index in [9.17, 15) is 14.9 Å². The lowest BCUT2D eigenvalue weighted by Crippen LogP contribution is -2.20. The van der Waals surface area contributed by atoms with Gasteiger partial charge in [-0.1, -0.05) is 6.07 Å². The summed E-state index contributed by atoms with van der Waals surface area (Å²) in [6.45, 7) is -0.357. The van der Waals surface area contributed by atoms with Crippen LogP contribution in [0.4, 0.5) is 5.69 Å². The summed E-state index contributed by atoms with van der Waals surface area (Å²) < 4.78 is 10.2. The Kier molecular flexibility index (Phi) is 4.73. The van der Waals surface area contributed by atoms with Crippen LogP contribution in [-0.2, 0) is 9.63 Å². The summed E-state index contributed by atoms with van der Waals surface area (Å²) >= 11 is 0. The Hall–Kier alpha value is -2.51. The van der Waals surface area contributed by atoms with Gasteiger partial charge in [-0.15, -0.1) is 10.1 Å². The number of anilines is 1. The molecule has 18 heavy (non-hydrogen) atoms. The van der Waals surface area contributed by atoms with Crippen LogP contribution in [0.2, 0.25) is 0 Å². The predicted molar refractivity (Wildman–Crippen MR) is 61.1 cm³/mol. The quantitative estimate of drug-likeness (QED) is 0.594. The molecule has 1 N–H and O–H groups in total. The zero-order valence-electron chi connectivity index (χ0n) is 9.84. The normalized spacial score (nSPS) is 9.44. The van der Waals surface area contributed by atoms with Crippen molar-refractivity contribution in [3.8, 4) is 11.5 Å². The van der Waals surface area contributed by atoms with E-state index in [-0.39, 0.29) is 6.54 Å². The van der Waals surface area contributed by atoms with Crippen LogP contribution in [0.25, 0.3) is 0 Å². The number of carbonyl (C=O) groups is 1. The van der Waals surface area contributed by atoms with Gasteiger partial charge in [0.05, 0.1) is 19.9 Å². The molecule has 1 aromatic carbocycles. The molecule has 0 heterocycles. The summed E-state index contributed by atoms with van der Waals surface area (Å²) in [6.07, 6.45) is 0. The smallest absolute Gasteiger partial charge is 0.322 e. The zero-order valence-corrected chi connectivity index (χ0v) is 9.84. The molecule has 0 bridgehead atoms. The molecule has 0 aromatic heterocycles. The molecule has 0 aliphatic carbocycles. The van der Waals surface area contributed by atoms with Gasteiger partial charge in [0.2, 0.25) is 0 Å². The number of methoxy groups -OCH3 is 2. The largest absolute Gasteiger partial charge is 0.493 e. The van der Waals surface area contributed by atoms with Gasteiger partial charge < -0.3 is 14.8 Å². The minimum Gasteiger partial charge on any atom is -0.493 e. The fourth-order valence-corrected chi connectivity index (χ4v) is 1.31. The lowest BCUT2D eigenvalue weighted by atomic mass is 10.2. The number of nitrogens with zero attached hydrogens (tertiary/aromatic N) is 1. The average molecular weight is 256 g/mol. The Balaban J connectivity index is 2.72. The Morgan fingerprint density at radius 2 is 2.11 bits per heavy atom. The molecule has 0 amide bonds. The summed E-state index contributed by atoms with van der Waals surface area (Å²) in [5, 5.41) is 11.4. The molecule has 8 nitrogen and oxygen atoms in total. The maximum Gasteiger partial charge on any atom is 0.322 e. The molecular formula is C10H12N2O6. The third-order valence-corrected chi connectivity index (χ3v) is 2.00. The highest BCUT2D eigenvalue weighted by atomic mass is 17.0. The van der Waals surface area contributed by atoms with Crippen molar-refractivity contribution in [1.82, 2.24) is 0 Å². The van der Waals surface area contributed by atoms with Gasteiger partial charge in [0.25, 0.3) is 0 Å². The van der Waals surface area contributed by atoms with E-state index >= 15 is 0 Å². The highest BCUT2D eigenvalue weighted by Gasteiger charge is 2.12. The van der Waals surface area contributed by atoms with E-state index in [1.807, 2.05) is 0 Å². The highest BCUT2D eigenvalue weighted by molar-refractivity contribution is 5.76. The predicted octanol–water partition coefficient (Wildman–Crippen LogP) is 0.851. The van der Waals surface area contributed by atoms with E-state index in [1.165, 1.54) is 14.2 Å². The molecule has 8 heteroatoms. The lowest BCUT2D eigenvalue weighted by Gasteiger charge is -2.13. The molecule has 0 saturated heterocycles. The van der Waals surface area contributed by atoms with Crippen LogP contribution in [0.5, 0.6) is 11.5 Å². The molecule has 1 rings (SSSR count). The number of benzene rings is 1. The third-order valence-electron chi connectivity index (χ3n) is 2.00. The first-order valence-corrected chi connectivity index (χ1v) is 4.88. The number of ether oxygens (including phenoxy) is 2. The van der Waals surface area contributed by atoms with Crippen molar-refractivity contribution >= 4 is 11.7 Å². The second-order valence-corrected chi connectivity index (χ2v) is 3.08. The van der Waals surface area contributed by atoms with E-state index in [2.05, 4.69) is 10.2 Å². The number of hydrogen-bond donors (Lipinski definition) is 1. The third kappa shape index (κ3) is 3.51. The van der Waals surface area contributed by atoms with Crippen LogP contribution >= 0.6 is 0 Å². The molecule has 0 aliphatic heterocycles. The van der Waals surface area contributed by atoms with Gasteiger partial charge in [0.15, 0.2) is 11.5 Å². The van der Waals surface area contributed by atoms with E-state index in [1.54, 1.807) is 18.2 Å². The topological polar surface area (TPSA) is 99.9 Å². The van der Waals surface area contributed by atoms with Crippen LogP contribution in [-0.4, -0.2) is 31.8 Å². The van der Waals surface area contributed by atoms with Gasteiger partial charge in [-0.05, 0) is 12.1 Å². The summed E-state index contributed by atoms with van der Waals surface area (Å²) in [4.78, 5) is 24.7. The highest BCUT2D eigenvalue weighted by Crippen LogP contribution is 2.34. The Labute approximate surface area is 103 Å². The van der Waals surface area contributed by atoms with Gasteiger partial charge in [0, 0.05) is 0 Å². The molecule has 0 spiro atoms. The molecule has 0 aliphatic rings. The van der Waals surface area contributed by atoms with Crippen LogP contribution in [0.1, 0.15) is 0 Å². The zero-order chi connectivity index (χ0) is 13.5. The van der Waals surface area contributed by atoms with Gasteiger partial charge in [-0.2, -0.15) is 0 Å². The summed E-state index contributed by atoms with van der Waals surface area (Å²) in [5.41, 5.74) is 0.470. The standard InChI is InChI=1S/C10H12N2O6/c1-16-8-5-3-4-7(10(8)17-2)11-6-9(13)18-12(14)15/h3-5,11H,6H2,1-2H3. The van der Waals surface area contributed by atoms with Crippen LogP contribution < -0.4 is 14.8 Å². The number of para-hydroxylation sites is 1. The first-order valence-electron chi connectivity index (χ1n) is 4.88. The molecule has 0 fully saturated rings. The number of nitrogens with one attached hydrogen (secondary N) is 1. The molecule has 98 valence electrons. The molecule has 0 radical (unpaired) electrons.